The summed E-state index contributed by atoms with van der Waals surface area (Å²) >= 11 is 0. The van der Waals surface area contributed by atoms with Crippen LogP contribution in [0.5, 0.6) is 5.75 Å². The van der Waals surface area contributed by atoms with Gasteiger partial charge in [-0.3, -0.25) is 14.4 Å². The molecule has 1 N–H and O–H groups in total. The summed E-state index contributed by atoms with van der Waals surface area (Å²) in [5.41, 5.74) is 0.538. The third-order valence-corrected chi connectivity index (χ3v) is 6.88. The summed E-state index contributed by atoms with van der Waals surface area (Å²) in [7, 11) is -2.08. The van der Waals surface area contributed by atoms with Crippen molar-refractivity contribution in [3.05, 3.63) is 59.7 Å². The summed E-state index contributed by atoms with van der Waals surface area (Å²) in [6, 6.07) is 12.0. The molecule has 0 bridgehead atoms. The van der Waals surface area contributed by atoms with Gasteiger partial charge in [0.05, 0.1) is 12.0 Å². The highest BCUT2D eigenvalue weighted by Crippen LogP contribution is 2.21. The van der Waals surface area contributed by atoms with Gasteiger partial charge in [0.1, 0.15) is 12.3 Å². The summed E-state index contributed by atoms with van der Waals surface area (Å²) in [5.74, 6) is -1.24. The van der Waals surface area contributed by atoms with Crippen LogP contribution in [0, 0.1) is 0 Å². The van der Waals surface area contributed by atoms with Crippen molar-refractivity contribution in [2.24, 2.45) is 0 Å². The normalized spacial score (nSPS) is 14.0. The maximum atomic E-state index is 12.5. The molecule has 3 rings (SSSR count). The van der Waals surface area contributed by atoms with Crippen LogP contribution >= 0.6 is 0 Å². The predicted octanol–water partition coefficient (Wildman–Crippen LogP) is 1.64. The Bertz CT molecular complexity index is 1090. The van der Waals surface area contributed by atoms with Crippen LogP contribution in [0.4, 0.5) is 0 Å². The van der Waals surface area contributed by atoms with Gasteiger partial charge in [-0.05, 0) is 55.3 Å². The van der Waals surface area contributed by atoms with E-state index in [1.165, 1.54) is 41.7 Å². The molecule has 1 aliphatic rings. The van der Waals surface area contributed by atoms with Crippen molar-refractivity contribution in [3.8, 4) is 5.75 Å². The van der Waals surface area contributed by atoms with Crippen molar-refractivity contribution < 1.29 is 32.3 Å². The highest BCUT2D eigenvalue weighted by atomic mass is 32.2. The zero-order chi connectivity index (χ0) is 23.1. The molecule has 0 atom stereocenters. The second-order valence-electron chi connectivity index (χ2n) is 7.13. The molecule has 170 valence electrons. The van der Waals surface area contributed by atoms with E-state index in [-0.39, 0.29) is 10.5 Å². The number of Topliss-reactive ketones (excluding diaryl/α,β-unsaturated/α-hetero) is 1. The first-order valence-electron chi connectivity index (χ1n) is 10.0. The van der Waals surface area contributed by atoms with E-state index in [0.717, 1.165) is 12.8 Å². The predicted molar refractivity (Wildman–Crippen MR) is 115 cm³/mol. The number of ketones is 1. The molecule has 0 radical (unpaired) electrons. The van der Waals surface area contributed by atoms with E-state index in [0.29, 0.717) is 24.4 Å². The van der Waals surface area contributed by atoms with Crippen molar-refractivity contribution in [1.82, 2.24) is 9.62 Å². The molecule has 10 heteroatoms. The molecule has 1 fully saturated rings. The van der Waals surface area contributed by atoms with Gasteiger partial charge in [0, 0.05) is 24.2 Å². The van der Waals surface area contributed by atoms with Crippen LogP contribution in [0.2, 0.25) is 0 Å². The Morgan fingerprint density at radius 3 is 2.34 bits per heavy atom. The highest BCUT2D eigenvalue weighted by Gasteiger charge is 2.27. The van der Waals surface area contributed by atoms with Crippen LogP contribution in [0.15, 0.2) is 53.4 Å². The molecule has 0 aliphatic carbocycles. The number of carbonyl (C=O) groups excluding carboxylic acids is 3. The number of sulfonamides is 1. The van der Waals surface area contributed by atoms with Crippen LogP contribution in [-0.4, -0.2) is 63.7 Å². The molecule has 32 heavy (non-hydrogen) atoms. The lowest BCUT2D eigenvalue weighted by atomic mass is 10.1. The molecule has 0 aromatic heterocycles. The Morgan fingerprint density at radius 1 is 1.00 bits per heavy atom. The molecular formula is C22H24N2O7S. The number of carbonyl (C=O) groups is 3. The standard InChI is InChI=1S/C22H24N2O7S/c1-30-18-6-4-5-17(13-18)22(27)23-14-21(26)31-15-20(25)16-7-9-19(10-8-16)32(28,29)24-11-2-3-12-24/h4-10,13H,2-3,11-12,14-15H2,1H3,(H,23,27). The SMILES string of the molecule is COc1cccc(C(=O)NCC(=O)OCC(=O)c2ccc(S(=O)(=O)N3CCCC3)cc2)c1. The van der Waals surface area contributed by atoms with E-state index >= 15 is 0 Å². The highest BCUT2D eigenvalue weighted by molar-refractivity contribution is 7.89. The third-order valence-electron chi connectivity index (χ3n) is 4.97. The van der Waals surface area contributed by atoms with E-state index in [4.69, 9.17) is 9.47 Å². The number of esters is 1. The molecule has 0 saturated carbocycles. The van der Waals surface area contributed by atoms with E-state index in [2.05, 4.69) is 5.32 Å². The number of methoxy groups -OCH3 is 1. The fourth-order valence-corrected chi connectivity index (χ4v) is 4.71. The minimum Gasteiger partial charge on any atom is -0.497 e. The number of nitrogens with zero attached hydrogens (tertiary/aromatic N) is 1. The Hall–Kier alpha value is -3.24. The van der Waals surface area contributed by atoms with Gasteiger partial charge in [0.25, 0.3) is 5.91 Å². The van der Waals surface area contributed by atoms with E-state index in [1.54, 1.807) is 18.2 Å². The topological polar surface area (TPSA) is 119 Å². The summed E-state index contributed by atoms with van der Waals surface area (Å²) in [6.07, 6.45) is 1.67. The lowest BCUT2D eigenvalue weighted by Gasteiger charge is -2.15. The van der Waals surface area contributed by atoms with Gasteiger partial charge in [0.15, 0.2) is 12.4 Å². The second kappa shape index (κ2) is 10.4. The van der Waals surface area contributed by atoms with Crippen molar-refractivity contribution in [2.75, 3.05) is 33.4 Å². The van der Waals surface area contributed by atoms with Crippen LogP contribution in [0.3, 0.4) is 0 Å². The quantitative estimate of drug-likeness (QED) is 0.446. The van der Waals surface area contributed by atoms with Crippen molar-refractivity contribution in [3.63, 3.8) is 0 Å². The Kier molecular flexibility index (Phi) is 7.60. The van der Waals surface area contributed by atoms with Gasteiger partial charge >= 0.3 is 5.97 Å². The average molecular weight is 461 g/mol. The van der Waals surface area contributed by atoms with Gasteiger partial charge in [-0.1, -0.05) is 6.07 Å². The van der Waals surface area contributed by atoms with Crippen LogP contribution in [0.1, 0.15) is 33.6 Å². The zero-order valence-electron chi connectivity index (χ0n) is 17.6. The van der Waals surface area contributed by atoms with Gasteiger partial charge in [-0.25, -0.2) is 8.42 Å². The Labute approximate surface area is 186 Å². The fraction of sp³-hybridized carbons (Fsp3) is 0.318. The van der Waals surface area contributed by atoms with Gasteiger partial charge in [-0.2, -0.15) is 4.31 Å². The maximum Gasteiger partial charge on any atom is 0.325 e. The van der Waals surface area contributed by atoms with Gasteiger partial charge in [-0.15, -0.1) is 0 Å². The maximum absolute atomic E-state index is 12.5. The molecule has 1 aliphatic heterocycles. The molecular weight excluding hydrogens is 436 g/mol. The van der Waals surface area contributed by atoms with Crippen LogP contribution < -0.4 is 10.1 Å². The average Bonchev–Trinajstić information content (AvgIpc) is 3.37. The Balaban J connectivity index is 1.48. The first-order chi connectivity index (χ1) is 15.3. The number of nitrogens with one attached hydrogen (secondary N) is 1. The number of amides is 1. The third kappa shape index (κ3) is 5.71. The lowest BCUT2D eigenvalue weighted by molar-refractivity contribution is -0.141. The molecule has 2 aromatic carbocycles. The van der Waals surface area contributed by atoms with Crippen molar-refractivity contribution >= 4 is 27.7 Å². The fourth-order valence-electron chi connectivity index (χ4n) is 3.19. The number of hydrogen-bond donors (Lipinski definition) is 1. The molecule has 1 amide bonds. The minimum atomic E-state index is -3.56. The smallest absolute Gasteiger partial charge is 0.325 e. The van der Waals surface area contributed by atoms with Crippen LogP contribution in [-0.2, 0) is 19.6 Å². The summed E-state index contributed by atoms with van der Waals surface area (Å²) in [5, 5.41) is 2.41. The summed E-state index contributed by atoms with van der Waals surface area (Å²) in [6.45, 7) is 0.0586. The minimum absolute atomic E-state index is 0.119. The number of ether oxygens (including phenoxy) is 2. The number of benzene rings is 2. The number of hydrogen-bond acceptors (Lipinski definition) is 7. The first kappa shape index (κ1) is 23.4. The summed E-state index contributed by atoms with van der Waals surface area (Å²) < 4.78 is 36.4. The molecule has 2 aromatic rings. The van der Waals surface area contributed by atoms with E-state index in [9.17, 15) is 22.8 Å². The zero-order valence-corrected chi connectivity index (χ0v) is 18.4. The largest absolute Gasteiger partial charge is 0.497 e. The molecule has 0 spiro atoms. The second-order valence-corrected chi connectivity index (χ2v) is 9.07. The van der Waals surface area contributed by atoms with Crippen LogP contribution in [0.25, 0.3) is 0 Å². The van der Waals surface area contributed by atoms with Gasteiger partial charge < -0.3 is 14.8 Å². The lowest BCUT2D eigenvalue weighted by Crippen LogP contribution is -2.31. The van der Waals surface area contributed by atoms with Gasteiger partial charge in [0.2, 0.25) is 10.0 Å². The molecule has 9 nitrogen and oxygen atoms in total. The first-order valence-corrected chi connectivity index (χ1v) is 11.5. The Morgan fingerprint density at radius 2 is 1.69 bits per heavy atom. The summed E-state index contributed by atoms with van der Waals surface area (Å²) in [4.78, 5) is 36.3. The van der Waals surface area contributed by atoms with E-state index < -0.39 is 40.8 Å². The monoisotopic (exact) mass is 460 g/mol. The number of rotatable bonds is 9. The van der Waals surface area contributed by atoms with E-state index in [1.807, 2.05) is 0 Å². The van der Waals surface area contributed by atoms with Crippen molar-refractivity contribution in [2.45, 2.75) is 17.7 Å². The molecule has 1 saturated heterocycles. The van der Waals surface area contributed by atoms with Crippen molar-refractivity contribution in [1.29, 1.82) is 0 Å². The molecule has 0 unspecified atom stereocenters. The molecule has 1 heterocycles.